The van der Waals surface area contributed by atoms with Crippen molar-refractivity contribution >= 4 is 53.1 Å². The first-order valence-corrected chi connectivity index (χ1v) is 21.1. The topological polar surface area (TPSA) is 25.8 Å². The van der Waals surface area contributed by atoms with Crippen LogP contribution in [0, 0.1) is 0 Å². The smallest absolute Gasteiger partial charge is 0.160 e. The molecule has 0 radical (unpaired) electrons. The summed E-state index contributed by atoms with van der Waals surface area (Å²) < 4.78 is 2.68. The number of hydrogen-bond acceptors (Lipinski definition) is 3. The van der Waals surface area contributed by atoms with Crippen molar-refractivity contribution < 1.29 is 0 Å². The van der Waals surface area contributed by atoms with Crippen molar-refractivity contribution in [3.63, 3.8) is 0 Å². The number of fused-ring (bicyclic) bond motifs is 8. The molecule has 2 nitrogen and oxygen atoms in total. The molecule has 2 heterocycles. The fraction of sp³-hybridized carbons (Fsp3) is 0.0357. The van der Waals surface area contributed by atoms with E-state index in [1.54, 1.807) is 0 Å². The van der Waals surface area contributed by atoms with Gasteiger partial charge in [-0.15, -0.1) is 11.3 Å². The molecule has 0 aliphatic rings. The highest BCUT2D eigenvalue weighted by Gasteiger charge is 2.18. The van der Waals surface area contributed by atoms with Gasteiger partial charge in [-0.2, -0.15) is 0 Å². The molecule has 0 fully saturated rings. The van der Waals surface area contributed by atoms with Crippen LogP contribution in [0.5, 0.6) is 0 Å². The van der Waals surface area contributed by atoms with Gasteiger partial charge in [0.2, 0.25) is 0 Å². The number of nitrogens with zero attached hydrogens (tertiary/aromatic N) is 2. The van der Waals surface area contributed by atoms with Crippen LogP contribution in [0.15, 0.2) is 200 Å². The number of rotatable bonds is 7. The lowest BCUT2D eigenvalue weighted by atomic mass is 9.94. The molecule has 0 spiro atoms. The van der Waals surface area contributed by atoms with E-state index in [-0.39, 0.29) is 0 Å². The van der Waals surface area contributed by atoms with Crippen LogP contribution in [0.1, 0.15) is 12.5 Å². The van der Waals surface area contributed by atoms with E-state index in [2.05, 4.69) is 207 Å². The van der Waals surface area contributed by atoms with Crippen LogP contribution < -0.4 is 0 Å². The third kappa shape index (κ3) is 6.19. The number of hydrogen-bond donors (Lipinski definition) is 0. The molecule has 9 aromatic carbocycles. The molecule has 3 heteroatoms. The van der Waals surface area contributed by atoms with Gasteiger partial charge in [-0.05, 0) is 86.3 Å². The largest absolute Gasteiger partial charge is 0.228 e. The number of thiophene rings is 1. The summed E-state index contributed by atoms with van der Waals surface area (Å²) in [6.07, 6.45) is 0.830. The predicted molar refractivity (Wildman–Crippen MR) is 252 cm³/mol. The molecule has 0 saturated carbocycles. The average molecular weight is 771 g/mol. The standard InChI is InChI=1S/C56H38N2S/c1-2-45-53(36-16-5-3-6-17-36)57-56(58-54(45)37-18-7-4-8-19-37)44-25-15-24-42(34-44)40-22-13-20-38(32-40)39-21-14-23-41(33-39)43-30-31-51-50(35-43)52-48-28-11-9-26-46(48)47-27-10-12-29-49(47)55(52)59-51/h3-35H,2H2,1H3. The van der Waals surface area contributed by atoms with Crippen LogP contribution in [0.25, 0.3) is 109 Å². The maximum atomic E-state index is 5.26. The van der Waals surface area contributed by atoms with Crippen molar-refractivity contribution in [2.24, 2.45) is 0 Å². The first-order valence-electron chi connectivity index (χ1n) is 20.3. The van der Waals surface area contributed by atoms with Crippen LogP contribution in [0.4, 0.5) is 0 Å². The van der Waals surface area contributed by atoms with Crippen LogP contribution in [0.3, 0.4) is 0 Å². The van der Waals surface area contributed by atoms with Gasteiger partial charge >= 0.3 is 0 Å². The van der Waals surface area contributed by atoms with E-state index in [1.165, 1.54) is 64.0 Å². The Hall–Kier alpha value is -7.20. The lowest BCUT2D eigenvalue weighted by molar-refractivity contribution is 1.06. The van der Waals surface area contributed by atoms with E-state index in [9.17, 15) is 0 Å². The molecule has 2 aromatic heterocycles. The maximum absolute atomic E-state index is 5.26. The lowest BCUT2D eigenvalue weighted by Crippen LogP contribution is -2.02. The van der Waals surface area contributed by atoms with Gasteiger partial charge < -0.3 is 0 Å². The second-order valence-electron chi connectivity index (χ2n) is 15.2. The van der Waals surface area contributed by atoms with Crippen molar-refractivity contribution in [1.82, 2.24) is 9.97 Å². The summed E-state index contributed by atoms with van der Waals surface area (Å²) in [5.41, 5.74) is 13.4. The lowest BCUT2D eigenvalue weighted by Gasteiger charge is -2.16. The summed E-state index contributed by atoms with van der Waals surface area (Å²) in [5.74, 6) is 0.724. The Balaban J connectivity index is 0.974. The minimum Gasteiger partial charge on any atom is -0.228 e. The molecule has 59 heavy (non-hydrogen) atoms. The van der Waals surface area contributed by atoms with E-state index in [0.717, 1.165) is 57.0 Å². The third-order valence-corrected chi connectivity index (χ3v) is 12.9. The minimum atomic E-state index is 0.724. The first-order chi connectivity index (χ1) is 29.2. The predicted octanol–water partition coefficient (Wildman–Crippen LogP) is 15.7. The van der Waals surface area contributed by atoms with E-state index >= 15 is 0 Å². The summed E-state index contributed by atoms with van der Waals surface area (Å²) >= 11 is 1.90. The molecule has 0 saturated heterocycles. The molecule has 278 valence electrons. The zero-order chi connectivity index (χ0) is 39.3. The third-order valence-electron chi connectivity index (χ3n) is 11.6. The van der Waals surface area contributed by atoms with Gasteiger partial charge in [-0.3, -0.25) is 0 Å². The van der Waals surface area contributed by atoms with Crippen LogP contribution in [-0.4, -0.2) is 9.97 Å². The molecule has 0 atom stereocenters. The quantitative estimate of drug-likeness (QED) is 0.151. The minimum absolute atomic E-state index is 0.724. The van der Waals surface area contributed by atoms with Crippen molar-refractivity contribution in [3.8, 4) is 67.3 Å². The van der Waals surface area contributed by atoms with E-state index in [1.807, 2.05) is 11.3 Å². The second-order valence-corrected chi connectivity index (χ2v) is 16.2. The van der Waals surface area contributed by atoms with Gasteiger partial charge in [0.05, 0.1) is 11.4 Å². The molecule has 0 N–H and O–H groups in total. The van der Waals surface area contributed by atoms with Gasteiger partial charge in [0.1, 0.15) is 0 Å². The molecule has 0 unspecified atom stereocenters. The van der Waals surface area contributed by atoms with Gasteiger partial charge in [-0.1, -0.05) is 177 Å². The Morgan fingerprint density at radius 1 is 0.356 bits per heavy atom. The highest BCUT2D eigenvalue weighted by molar-refractivity contribution is 7.27. The molecule has 0 aliphatic carbocycles. The summed E-state index contributed by atoms with van der Waals surface area (Å²) in [6.45, 7) is 2.19. The van der Waals surface area contributed by atoms with E-state index in [4.69, 9.17) is 9.97 Å². The van der Waals surface area contributed by atoms with Crippen molar-refractivity contribution in [1.29, 1.82) is 0 Å². The zero-order valence-electron chi connectivity index (χ0n) is 32.6. The van der Waals surface area contributed by atoms with Crippen LogP contribution in [0.2, 0.25) is 0 Å². The average Bonchev–Trinajstić information content (AvgIpc) is 3.71. The molecule has 0 amide bonds. The van der Waals surface area contributed by atoms with Crippen molar-refractivity contribution in [2.45, 2.75) is 13.3 Å². The van der Waals surface area contributed by atoms with E-state index < -0.39 is 0 Å². The molecule has 0 aliphatic heterocycles. The molecular weight excluding hydrogens is 733 g/mol. The molecule has 0 bridgehead atoms. The zero-order valence-corrected chi connectivity index (χ0v) is 33.4. The number of aromatic nitrogens is 2. The monoisotopic (exact) mass is 770 g/mol. The van der Waals surface area contributed by atoms with Crippen molar-refractivity contribution in [3.05, 3.63) is 206 Å². The highest BCUT2D eigenvalue weighted by Crippen LogP contribution is 2.45. The Morgan fingerprint density at radius 3 is 1.32 bits per heavy atom. The molecular formula is C56H38N2S. The van der Waals surface area contributed by atoms with Crippen LogP contribution in [-0.2, 0) is 6.42 Å². The SMILES string of the molecule is CCc1c(-c2ccccc2)nc(-c2cccc(-c3cccc(-c4cccc(-c5ccc6sc7c8ccccc8c8ccccc8c7c6c5)c4)c3)c2)nc1-c1ccccc1. The molecule has 11 rings (SSSR count). The Bertz CT molecular complexity index is 3300. The Morgan fingerprint density at radius 2 is 0.780 bits per heavy atom. The maximum Gasteiger partial charge on any atom is 0.160 e. The normalized spacial score (nSPS) is 11.5. The summed E-state index contributed by atoms with van der Waals surface area (Å²) in [4.78, 5) is 10.5. The van der Waals surface area contributed by atoms with Crippen molar-refractivity contribution in [2.75, 3.05) is 0 Å². The molecule has 11 aromatic rings. The number of benzene rings is 9. The van der Waals surface area contributed by atoms with E-state index in [0.29, 0.717) is 0 Å². The van der Waals surface area contributed by atoms with Gasteiger partial charge in [0.25, 0.3) is 0 Å². The van der Waals surface area contributed by atoms with Gasteiger partial charge in [0.15, 0.2) is 5.82 Å². The fourth-order valence-corrected chi connectivity index (χ4v) is 10.0. The summed E-state index contributed by atoms with van der Waals surface area (Å²) in [6, 6.07) is 72.2. The van der Waals surface area contributed by atoms with Gasteiger partial charge in [-0.25, -0.2) is 9.97 Å². The second kappa shape index (κ2) is 14.6. The summed E-state index contributed by atoms with van der Waals surface area (Å²) in [7, 11) is 0. The first kappa shape index (κ1) is 35.0. The Kier molecular flexibility index (Phi) is 8.68. The Labute approximate surface area is 347 Å². The van der Waals surface area contributed by atoms with Gasteiger partial charge in [0, 0.05) is 47.8 Å². The highest BCUT2D eigenvalue weighted by atomic mass is 32.1. The summed E-state index contributed by atoms with van der Waals surface area (Å²) in [5, 5.41) is 7.94. The van der Waals surface area contributed by atoms with Crippen LogP contribution >= 0.6 is 11.3 Å². The fourth-order valence-electron chi connectivity index (χ4n) is 8.80.